The zero-order valence-corrected chi connectivity index (χ0v) is 55.6. The number of fused-ring (bicyclic) bond motifs is 3. The average molecular weight is 1280 g/mol. The van der Waals surface area contributed by atoms with E-state index < -0.39 is 46.8 Å². The summed E-state index contributed by atoms with van der Waals surface area (Å²) in [5.74, 6) is -3.45. The molecule has 0 saturated carbocycles. The Morgan fingerprint density at radius 3 is 1.64 bits per heavy atom. The van der Waals surface area contributed by atoms with Crippen LogP contribution in [0, 0.1) is 45.1 Å². The lowest BCUT2D eigenvalue weighted by molar-refractivity contribution is -0.152. The van der Waals surface area contributed by atoms with E-state index in [1.807, 2.05) is 26.0 Å². The number of hydrogen-bond donors (Lipinski definition) is 10. The molecule has 3 aromatic carbocycles. The van der Waals surface area contributed by atoms with E-state index in [1.165, 1.54) is 30.3 Å². The Kier molecular flexibility index (Phi) is 29.2. The maximum Gasteiger partial charge on any atom is 0.333 e. The van der Waals surface area contributed by atoms with Crippen LogP contribution in [0.1, 0.15) is 105 Å². The maximum atomic E-state index is 13.7. The van der Waals surface area contributed by atoms with Gasteiger partial charge in [0.2, 0.25) is 14.2 Å². The Bertz CT molecular complexity index is 3470. The van der Waals surface area contributed by atoms with Crippen molar-refractivity contribution < 1.29 is 71.6 Å². The minimum Gasteiger partial charge on any atom is -0.533 e. The number of aryl methyl sites for hydroxylation is 2. The van der Waals surface area contributed by atoms with Crippen LogP contribution >= 0.6 is 0 Å². The number of aliphatic hydroxyl groups is 2. The Morgan fingerprint density at radius 1 is 0.697 bits per heavy atom. The molecule has 0 fully saturated rings. The summed E-state index contributed by atoms with van der Waals surface area (Å²) in [6.45, 7) is 35.6. The molecule has 21 nitrogen and oxygen atoms in total. The van der Waals surface area contributed by atoms with Crippen molar-refractivity contribution in [2.24, 2.45) is 0 Å². The first-order valence-corrected chi connectivity index (χ1v) is 36.0. The van der Waals surface area contributed by atoms with Gasteiger partial charge in [-0.1, -0.05) is 47.3 Å². The molecule has 0 unspecified atom stereocenters. The van der Waals surface area contributed by atoms with Crippen LogP contribution in [0.4, 0.5) is 24.5 Å². The molecule has 2 aliphatic heterocycles. The summed E-state index contributed by atoms with van der Waals surface area (Å²) in [6, 6.07) is 15.4. The fourth-order valence-electron chi connectivity index (χ4n) is 9.54. The molecule has 3 aromatic heterocycles. The number of carboxylic acid groups (broad SMARTS) is 2. The first-order valence-electron chi connectivity index (χ1n) is 29.1. The highest BCUT2D eigenvalue weighted by molar-refractivity contribution is 6.76. The third-order valence-electron chi connectivity index (χ3n) is 14.0. The van der Waals surface area contributed by atoms with Crippen LogP contribution in [0.2, 0.25) is 39.3 Å². The molecule has 1 atom stereocenters. The van der Waals surface area contributed by atoms with E-state index >= 15 is 0 Å². The highest BCUT2D eigenvalue weighted by Gasteiger charge is 2.29. The van der Waals surface area contributed by atoms with Crippen molar-refractivity contribution in [1.82, 2.24) is 34.6 Å². The third kappa shape index (κ3) is 22.1. The Labute approximate surface area is 520 Å². The number of rotatable bonds is 20. The van der Waals surface area contributed by atoms with E-state index in [9.17, 15) is 46.7 Å². The van der Waals surface area contributed by atoms with E-state index in [1.54, 1.807) is 38.1 Å². The fourth-order valence-corrected chi connectivity index (χ4v) is 12.1. The normalized spacial score (nSPS) is 12.9. The largest absolute Gasteiger partial charge is 0.533 e. The zero-order chi connectivity index (χ0) is 67.2. The van der Waals surface area contributed by atoms with Crippen molar-refractivity contribution in [3.05, 3.63) is 134 Å². The molecule has 0 aliphatic carbocycles. The van der Waals surface area contributed by atoms with Gasteiger partial charge in [0, 0.05) is 84.3 Å². The molecule has 8 rings (SSSR count). The number of aliphatic carboxylic acids is 2. The molecule has 4 amide bonds. The molecule has 2 aliphatic rings. The number of carbonyl (C=O) groups excluding carboxylic acids is 5. The minimum atomic E-state index is -1.79. The van der Waals surface area contributed by atoms with Gasteiger partial charge in [-0.25, -0.2) is 18.0 Å². The van der Waals surface area contributed by atoms with E-state index in [4.69, 9.17) is 24.9 Å². The van der Waals surface area contributed by atoms with Gasteiger partial charge >= 0.3 is 11.9 Å². The standard InChI is InChI=1S/C22H27FN4O2.C14H22FNOSi2.C14H23N3O2.C8H6FNO.C4H6O5.CH4O/c1-5-27(6-2)10-9-24-22(29)20-13(3)19(25-14(20)4)12-17-16-11-15(23)7-8-18(16)26-21(17)28;1-18(2,3)16-13-8-7-12(15)9-11(13)10-14(16)17-19(4,5)6;1-5-17(6-2)8-7-15-14(19)13-10(3)12(9-18)16-11(13)4;9-6-1-2-7-5(3-6)4-8(11)10-7;5-2(4(8)9)1-3(6)7;1-2/h7-8,11-12,25H,5-6,9-10H2,1-4H3,(H,24,29)(H,26,28);7-10H,1-6H3;9,16H,5-8H2,1-4H3,(H,15,19);1-3H,4H2,(H,10,11);2,5H,1H2,(H,6,7)(H,8,9);2H,1H3/b17-12-;;;;;/t;;;;2-;/m....0./s1. The maximum absolute atomic E-state index is 13.7. The van der Waals surface area contributed by atoms with Gasteiger partial charge in [0.15, 0.2) is 26.5 Å². The van der Waals surface area contributed by atoms with E-state index in [2.05, 4.69) is 112 Å². The lowest BCUT2D eigenvalue weighted by atomic mass is 10.0. The van der Waals surface area contributed by atoms with Gasteiger partial charge in [0.25, 0.3) is 17.7 Å². The summed E-state index contributed by atoms with van der Waals surface area (Å²) in [4.78, 5) is 88.8. The van der Waals surface area contributed by atoms with Crippen LogP contribution in [0.3, 0.4) is 0 Å². The lowest BCUT2D eigenvalue weighted by Crippen LogP contribution is -2.36. The van der Waals surface area contributed by atoms with E-state index in [0.717, 1.165) is 97.6 Å². The minimum absolute atomic E-state index is 0.0643. The first-order chi connectivity index (χ1) is 41.8. The number of H-pyrrole nitrogens is 2. The summed E-state index contributed by atoms with van der Waals surface area (Å²) >= 11 is 0. The van der Waals surface area contributed by atoms with Gasteiger partial charge in [-0.05, 0) is 151 Å². The number of carbonyl (C=O) groups is 7. The SMILES string of the molecule is CCN(CC)CCNC(=O)c1c(C)[nH]c(/C=C2\C(=O)Nc3ccc(F)cc32)c1C.CCN(CC)CCNC(=O)c1c(C)[nH]c(C=O)c1C.CO.C[Si](C)(C)Oc1cc2cc(F)ccc2n1[Si](C)(C)C.O=C(O)C[C@H](O)C(=O)O.O=C1Cc2cc(F)ccc2N1. The molecule has 0 bridgehead atoms. The Morgan fingerprint density at radius 2 is 1.18 bits per heavy atom. The molecule has 0 radical (unpaired) electrons. The van der Waals surface area contributed by atoms with Crippen molar-refractivity contribution in [2.75, 3.05) is 70.1 Å². The number of nitrogens with one attached hydrogen (secondary N) is 6. The first kappa shape index (κ1) is 75.1. The number of anilines is 2. The predicted molar refractivity (Wildman–Crippen MR) is 346 cm³/mol. The highest BCUT2D eigenvalue weighted by Crippen LogP contribution is 2.35. The van der Waals surface area contributed by atoms with Gasteiger partial charge in [-0.3, -0.25) is 28.8 Å². The molecular weight excluding hydrogens is 1190 g/mol. The zero-order valence-electron chi connectivity index (χ0n) is 53.6. The Hall–Kier alpha value is -8.15. The number of likely N-dealkylation sites (N-methyl/N-ethyl adjacent to an activating group) is 2. The highest BCUT2D eigenvalue weighted by atomic mass is 28.4. The lowest BCUT2D eigenvalue weighted by Gasteiger charge is -2.27. The average Bonchev–Trinajstić information content (AvgIpc) is 4.10. The van der Waals surface area contributed by atoms with E-state index in [-0.39, 0.29) is 35.3 Å². The van der Waals surface area contributed by atoms with Crippen LogP contribution in [-0.4, -0.2) is 168 Å². The quantitative estimate of drug-likeness (QED) is 0.0194. The number of benzene rings is 3. The monoisotopic (exact) mass is 1280 g/mol. The number of aromatic amines is 2. The molecule has 89 heavy (non-hydrogen) atoms. The van der Waals surface area contributed by atoms with Crippen LogP contribution in [0.5, 0.6) is 5.88 Å². The number of aldehydes is 1. The molecule has 26 heteroatoms. The predicted octanol–water partition coefficient (Wildman–Crippen LogP) is 9.36. The molecule has 0 spiro atoms. The molecule has 10 N–H and O–H groups in total. The third-order valence-corrected chi connectivity index (χ3v) is 16.6. The van der Waals surface area contributed by atoms with E-state index in [0.29, 0.717) is 64.4 Å². The van der Waals surface area contributed by atoms with Gasteiger partial charge in [0.05, 0.1) is 35.2 Å². The summed E-state index contributed by atoms with van der Waals surface area (Å²) in [5, 5.41) is 43.3. The number of aromatic nitrogens is 3. The second-order valence-corrected chi connectivity index (χ2v) is 31.8. The molecule has 5 heterocycles. The number of hydrogen-bond acceptors (Lipinski definition) is 12. The second-order valence-electron chi connectivity index (χ2n) is 22.6. The van der Waals surface area contributed by atoms with Crippen molar-refractivity contribution in [3.8, 4) is 5.88 Å². The number of carboxylic acids is 2. The van der Waals surface area contributed by atoms with Crippen molar-refractivity contribution in [1.29, 1.82) is 0 Å². The van der Waals surface area contributed by atoms with Crippen molar-refractivity contribution >= 4 is 92.3 Å². The topological polar surface area (TPSA) is 301 Å². The fraction of sp³-hybridized carbons (Fsp3) is 0.413. The summed E-state index contributed by atoms with van der Waals surface area (Å²) in [5.41, 5.74) is 9.27. The van der Waals surface area contributed by atoms with Crippen LogP contribution in [0.25, 0.3) is 22.6 Å². The molecule has 486 valence electrons. The molecular formula is C63H88F3N9O12Si2. The van der Waals surface area contributed by atoms with Gasteiger partial charge < -0.3 is 70.1 Å². The number of amides is 4. The summed E-state index contributed by atoms with van der Waals surface area (Å²) in [7, 11) is -2.29. The second kappa shape index (κ2) is 34.6. The number of nitrogens with zero attached hydrogens (tertiary/aromatic N) is 3. The molecule has 0 saturated heterocycles. The Balaban J connectivity index is 0.000000305. The summed E-state index contributed by atoms with van der Waals surface area (Å²) < 4.78 is 48.1. The van der Waals surface area contributed by atoms with Gasteiger partial charge in [-0.2, -0.15) is 0 Å². The van der Waals surface area contributed by atoms with Crippen LogP contribution < -0.4 is 25.7 Å². The van der Waals surface area contributed by atoms with Crippen LogP contribution in [0.15, 0.2) is 60.7 Å². The number of aliphatic hydroxyl groups excluding tert-OH is 2. The van der Waals surface area contributed by atoms with Crippen LogP contribution in [-0.2, 0) is 25.6 Å². The van der Waals surface area contributed by atoms with Crippen molar-refractivity contribution in [2.45, 2.75) is 114 Å². The van der Waals surface area contributed by atoms with Gasteiger partial charge in [0.1, 0.15) is 17.5 Å². The summed E-state index contributed by atoms with van der Waals surface area (Å²) in [6.07, 6.45) is 0.176. The van der Waals surface area contributed by atoms with Crippen molar-refractivity contribution in [3.63, 3.8) is 0 Å². The van der Waals surface area contributed by atoms with Gasteiger partial charge in [-0.15, -0.1) is 0 Å². The molecule has 6 aromatic rings. The smallest absolute Gasteiger partial charge is 0.333 e. The number of halogens is 3.